The van der Waals surface area contributed by atoms with Gasteiger partial charge in [0.05, 0.1) is 10.5 Å². The summed E-state index contributed by atoms with van der Waals surface area (Å²) in [5.74, 6) is -0.239. The SMILES string of the molecule is O=C(Oc1ccc(I)cc1)c1ccc(S(=O)(=O)[O-])cc1. The third-order valence-electron chi connectivity index (χ3n) is 2.40. The summed E-state index contributed by atoms with van der Waals surface area (Å²) in [5.41, 5.74) is 0.163. The standard InChI is InChI=1S/C13H9IO5S/c14-10-3-5-11(6-4-10)19-13(15)9-1-7-12(8-2-9)20(16,17)18/h1-8H,(H,16,17,18)/p-1. The van der Waals surface area contributed by atoms with E-state index in [1.54, 1.807) is 24.3 Å². The first-order chi connectivity index (χ1) is 9.36. The summed E-state index contributed by atoms with van der Waals surface area (Å²) in [7, 11) is -4.51. The number of halogens is 1. The highest BCUT2D eigenvalue weighted by atomic mass is 127. The molecular weight excluding hydrogens is 395 g/mol. The summed E-state index contributed by atoms with van der Waals surface area (Å²) < 4.78 is 38.4. The van der Waals surface area contributed by atoms with E-state index in [2.05, 4.69) is 22.6 Å². The van der Waals surface area contributed by atoms with E-state index in [1.807, 2.05) is 0 Å². The highest BCUT2D eigenvalue weighted by molar-refractivity contribution is 14.1. The summed E-state index contributed by atoms with van der Waals surface area (Å²) >= 11 is 2.13. The molecule has 0 spiro atoms. The minimum absolute atomic E-state index is 0.163. The Hall–Kier alpha value is -1.45. The van der Waals surface area contributed by atoms with Crippen molar-refractivity contribution in [2.75, 3.05) is 0 Å². The van der Waals surface area contributed by atoms with E-state index in [0.29, 0.717) is 5.75 Å². The zero-order valence-corrected chi connectivity index (χ0v) is 12.9. The second-order valence-corrected chi connectivity index (χ2v) is 6.45. The van der Waals surface area contributed by atoms with Gasteiger partial charge in [-0.25, -0.2) is 13.2 Å². The first-order valence-corrected chi connectivity index (χ1v) is 7.89. The summed E-state index contributed by atoms with van der Waals surface area (Å²) in [5, 5.41) is 0. The predicted octanol–water partition coefficient (Wildman–Crippen LogP) is 2.41. The van der Waals surface area contributed by atoms with Crippen molar-refractivity contribution < 1.29 is 22.5 Å². The third-order valence-corrected chi connectivity index (χ3v) is 3.97. The van der Waals surface area contributed by atoms with Gasteiger partial charge >= 0.3 is 5.97 Å². The monoisotopic (exact) mass is 403 g/mol. The Bertz CT molecular complexity index is 720. The minimum Gasteiger partial charge on any atom is -0.744 e. The summed E-state index contributed by atoms with van der Waals surface area (Å²) in [6.45, 7) is 0. The van der Waals surface area contributed by atoms with Crippen LogP contribution in [0.15, 0.2) is 53.4 Å². The van der Waals surface area contributed by atoms with Crippen LogP contribution in [0.2, 0.25) is 0 Å². The van der Waals surface area contributed by atoms with Gasteiger partial charge in [0.2, 0.25) is 0 Å². The van der Waals surface area contributed by atoms with Crippen molar-refractivity contribution in [3.05, 3.63) is 57.7 Å². The average molecular weight is 403 g/mol. The van der Waals surface area contributed by atoms with Gasteiger partial charge in [0.25, 0.3) is 0 Å². The van der Waals surface area contributed by atoms with E-state index < -0.39 is 16.1 Å². The molecule has 0 radical (unpaired) electrons. The Morgan fingerprint density at radius 2 is 1.55 bits per heavy atom. The molecule has 20 heavy (non-hydrogen) atoms. The first kappa shape index (κ1) is 14.9. The molecule has 0 unspecified atom stereocenters. The topological polar surface area (TPSA) is 83.5 Å². The molecule has 0 bridgehead atoms. The number of esters is 1. The van der Waals surface area contributed by atoms with Gasteiger partial charge in [0.1, 0.15) is 15.9 Å². The van der Waals surface area contributed by atoms with E-state index in [1.165, 1.54) is 12.1 Å². The van der Waals surface area contributed by atoms with Crippen LogP contribution in [0.25, 0.3) is 0 Å². The van der Waals surface area contributed by atoms with Crippen LogP contribution in [-0.2, 0) is 10.1 Å². The quantitative estimate of drug-likeness (QED) is 0.340. The lowest BCUT2D eigenvalue weighted by Crippen LogP contribution is -2.09. The van der Waals surface area contributed by atoms with Crippen molar-refractivity contribution in [3.63, 3.8) is 0 Å². The molecule has 0 fully saturated rings. The fourth-order valence-electron chi connectivity index (χ4n) is 1.43. The summed E-state index contributed by atoms with van der Waals surface area (Å²) in [6, 6.07) is 11.5. The predicted molar refractivity (Wildman–Crippen MR) is 78.5 cm³/mol. The molecule has 0 atom stereocenters. The molecule has 0 N–H and O–H groups in total. The number of hydrogen-bond donors (Lipinski definition) is 0. The lowest BCUT2D eigenvalue weighted by molar-refractivity contribution is 0.0734. The lowest BCUT2D eigenvalue weighted by Gasteiger charge is -2.08. The van der Waals surface area contributed by atoms with E-state index in [0.717, 1.165) is 15.7 Å². The molecule has 2 aromatic rings. The largest absolute Gasteiger partial charge is 0.744 e. The molecule has 0 heterocycles. The van der Waals surface area contributed by atoms with Crippen LogP contribution in [0.1, 0.15) is 10.4 Å². The number of hydrogen-bond acceptors (Lipinski definition) is 5. The number of rotatable bonds is 3. The second kappa shape index (κ2) is 5.90. The van der Waals surface area contributed by atoms with Gasteiger partial charge in [-0.2, -0.15) is 0 Å². The van der Waals surface area contributed by atoms with E-state index in [4.69, 9.17) is 4.74 Å². The number of carbonyl (C=O) groups is 1. The average Bonchev–Trinajstić information content (AvgIpc) is 2.40. The van der Waals surface area contributed by atoms with Crippen LogP contribution in [-0.4, -0.2) is 18.9 Å². The van der Waals surface area contributed by atoms with Crippen LogP contribution in [0.4, 0.5) is 0 Å². The van der Waals surface area contributed by atoms with Crippen LogP contribution in [0, 0.1) is 3.57 Å². The van der Waals surface area contributed by atoms with Gasteiger partial charge < -0.3 is 9.29 Å². The van der Waals surface area contributed by atoms with Crippen LogP contribution >= 0.6 is 22.6 Å². The fraction of sp³-hybridized carbons (Fsp3) is 0. The fourth-order valence-corrected chi connectivity index (χ4v) is 2.26. The number of benzene rings is 2. The zero-order chi connectivity index (χ0) is 14.8. The lowest BCUT2D eigenvalue weighted by atomic mass is 10.2. The molecule has 5 nitrogen and oxygen atoms in total. The molecule has 2 rings (SSSR count). The van der Waals surface area contributed by atoms with Crippen molar-refractivity contribution in [1.29, 1.82) is 0 Å². The smallest absolute Gasteiger partial charge is 0.343 e. The normalized spacial score (nSPS) is 11.1. The van der Waals surface area contributed by atoms with Gasteiger partial charge in [-0.1, -0.05) is 0 Å². The number of ether oxygens (including phenoxy) is 1. The summed E-state index contributed by atoms with van der Waals surface area (Å²) in [6.07, 6.45) is 0. The maximum absolute atomic E-state index is 11.8. The van der Waals surface area contributed by atoms with Crippen molar-refractivity contribution in [1.82, 2.24) is 0 Å². The van der Waals surface area contributed by atoms with Crippen molar-refractivity contribution >= 4 is 38.7 Å². The molecule has 2 aromatic carbocycles. The molecule has 0 saturated carbocycles. The van der Waals surface area contributed by atoms with Crippen molar-refractivity contribution in [3.8, 4) is 5.75 Å². The Kier molecular flexibility index (Phi) is 4.41. The molecule has 7 heteroatoms. The molecular formula is C13H8IO5S-. The van der Waals surface area contributed by atoms with Gasteiger partial charge in [0, 0.05) is 3.57 Å². The van der Waals surface area contributed by atoms with Gasteiger partial charge in [-0.05, 0) is 71.1 Å². The van der Waals surface area contributed by atoms with Gasteiger partial charge in [-0.15, -0.1) is 0 Å². The Labute approximate surface area is 129 Å². The molecule has 104 valence electrons. The summed E-state index contributed by atoms with van der Waals surface area (Å²) in [4.78, 5) is 11.4. The molecule has 0 aliphatic heterocycles. The van der Waals surface area contributed by atoms with Crippen molar-refractivity contribution in [2.45, 2.75) is 4.90 Å². The Morgan fingerprint density at radius 3 is 2.05 bits per heavy atom. The van der Waals surface area contributed by atoms with E-state index >= 15 is 0 Å². The van der Waals surface area contributed by atoms with E-state index in [9.17, 15) is 17.8 Å². The maximum atomic E-state index is 11.8. The number of carbonyl (C=O) groups excluding carboxylic acids is 1. The first-order valence-electron chi connectivity index (χ1n) is 5.40. The molecule has 0 aliphatic rings. The highest BCUT2D eigenvalue weighted by Gasteiger charge is 2.09. The van der Waals surface area contributed by atoms with Gasteiger partial charge in [0.15, 0.2) is 0 Å². The van der Waals surface area contributed by atoms with Crippen LogP contribution in [0.3, 0.4) is 0 Å². The maximum Gasteiger partial charge on any atom is 0.343 e. The molecule has 0 saturated heterocycles. The molecule has 0 aliphatic carbocycles. The molecule has 0 amide bonds. The molecule has 0 aromatic heterocycles. The second-order valence-electron chi connectivity index (χ2n) is 3.82. The Balaban J connectivity index is 2.15. The van der Waals surface area contributed by atoms with Crippen molar-refractivity contribution in [2.24, 2.45) is 0 Å². The van der Waals surface area contributed by atoms with Gasteiger partial charge in [-0.3, -0.25) is 0 Å². The highest BCUT2D eigenvalue weighted by Crippen LogP contribution is 2.16. The minimum atomic E-state index is -4.51. The van der Waals surface area contributed by atoms with Crippen LogP contribution in [0.5, 0.6) is 5.75 Å². The van der Waals surface area contributed by atoms with Crippen LogP contribution < -0.4 is 4.74 Å². The third kappa shape index (κ3) is 3.78. The van der Waals surface area contributed by atoms with E-state index in [-0.39, 0.29) is 10.5 Å². The Morgan fingerprint density at radius 1 is 1.00 bits per heavy atom. The zero-order valence-electron chi connectivity index (χ0n) is 9.95.